The highest BCUT2D eigenvalue weighted by atomic mass is 32.2. The summed E-state index contributed by atoms with van der Waals surface area (Å²) in [4.78, 5) is 12.9. The van der Waals surface area contributed by atoms with Crippen molar-refractivity contribution in [2.24, 2.45) is 0 Å². The maximum atomic E-state index is 13.9. The molecule has 146 valence electrons. The minimum atomic E-state index is -4.33. The van der Waals surface area contributed by atoms with Gasteiger partial charge < -0.3 is 9.64 Å². The van der Waals surface area contributed by atoms with Gasteiger partial charge in [-0.1, -0.05) is 6.92 Å². The van der Waals surface area contributed by atoms with Gasteiger partial charge in [-0.15, -0.1) is 0 Å². The SMILES string of the molecule is CCOC(CC)C(=O)N1CCN(S(=O)(=O)c2ccc(F)c(F)c2F)CC1. The summed E-state index contributed by atoms with van der Waals surface area (Å²) >= 11 is 0. The highest BCUT2D eigenvalue weighted by Gasteiger charge is 2.34. The number of piperazine rings is 1. The number of nitrogens with zero attached hydrogens (tertiary/aromatic N) is 2. The minimum absolute atomic E-state index is 0.0743. The lowest BCUT2D eigenvalue weighted by molar-refractivity contribution is -0.144. The Kier molecular flexibility index (Phi) is 6.64. The van der Waals surface area contributed by atoms with Gasteiger partial charge in [-0.25, -0.2) is 21.6 Å². The average molecular weight is 394 g/mol. The Morgan fingerprint density at radius 3 is 2.27 bits per heavy atom. The van der Waals surface area contributed by atoms with Crippen LogP contribution in [0.25, 0.3) is 0 Å². The first-order valence-corrected chi connectivity index (χ1v) is 9.72. The number of ether oxygens (including phenoxy) is 1. The lowest BCUT2D eigenvalue weighted by Crippen LogP contribution is -2.53. The van der Waals surface area contributed by atoms with Crippen molar-refractivity contribution >= 4 is 15.9 Å². The number of carbonyl (C=O) groups excluding carboxylic acids is 1. The van der Waals surface area contributed by atoms with E-state index in [1.165, 1.54) is 4.90 Å². The van der Waals surface area contributed by atoms with E-state index < -0.39 is 38.5 Å². The Morgan fingerprint density at radius 1 is 1.12 bits per heavy atom. The van der Waals surface area contributed by atoms with Gasteiger partial charge in [0.1, 0.15) is 11.0 Å². The molecule has 1 unspecified atom stereocenters. The van der Waals surface area contributed by atoms with Gasteiger partial charge >= 0.3 is 0 Å². The summed E-state index contributed by atoms with van der Waals surface area (Å²) in [6.07, 6.45) is -0.0996. The summed E-state index contributed by atoms with van der Waals surface area (Å²) < 4.78 is 71.6. The molecular weight excluding hydrogens is 373 g/mol. The Balaban J connectivity index is 2.12. The smallest absolute Gasteiger partial charge is 0.251 e. The van der Waals surface area contributed by atoms with Crippen molar-refractivity contribution in [1.29, 1.82) is 0 Å². The highest BCUT2D eigenvalue weighted by Crippen LogP contribution is 2.24. The highest BCUT2D eigenvalue weighted by molar-refractivity contribution is 7.89. The monoisotopic (exact) mass is 394 g/mol. The first kappa shape index (κ1) is 20.7. The predicted octanol–water partition coefficient (Wildman–Crippen LogP) is 1.75. The largest absolute Gasteiger partial charge is 0.369 e. The van der Waals surface area contributed by atoms with Crippen LogP contribution in [0.5, 0.6) is 0 Å². The third-order valence-corrected chi connectivity index (χ3v) is 6.10. The summed E-state index contributed by atoms with van der Waals surface area (Å²) in [6, 6.07) is 1.27. The first-order chi connectivity index (χ1) is 12.2. The van der Waals surface area contributed by atoms with Crippen molar-refractivity contribution in [3.05, 3.63) is 29.6 Å². The molecule has 2 rings (SSSR count). The second-order valence-electron chi connectivity index (χ2n) is 5.76. The van der Waals surface area contributed by atoms with Crippen molar-refractivity contribution in [1.82, 2.24) is 9.21 Å². The second-order valence-corrected chi connectivity index (χ2v) is 7.66. The molecule has 26 heavy (non-hydrogen) atoms. The molecule has 0 aliphatic carbocycles. The molecule has 1 aliphatic rings. The number of carbonyl (C=O) groups is 1. The van der Waals surface area contributed by atoms with E-state index in [2.05, 4.69) is 0 Å². The van der Waals surface area contributed by atoms with E-state index in [-0.39, 0.29) is 32.1 Å². The summed E-state index contributed by atoms with van der Waals surface area (Å²) in [5.41, 5.74) is 0. The van der Waals surface area contributed by atoms with Crippen molar-refractivity contribution in [3.63, 3.8) is 0 Å². The number of hydrogen-bond acceptors (Lipinski definition) is 4. The zero-order chi connectivity index (χ0) is 19.5. The molecule has 1 heterocycles. The lowest BCUT2D eigenvalue weighted by Gasteiger charge is -2.35. The third kappa shape index (κ3) is 4.02. The topological polar surface area (TPSA) is 66.9 Å². The Hall–Kier alpha value is -1.65. The summed E-state index contributed by atoms with van der Waals surface area (Å²) in [5, 5.41) is 0. The molecule has 0 aromatic heterocycles. The molecular formula is C16H21F3N2O4S. The van der Waals surface area contributed by atoms with Crippen LogP contribution in [-0.2, 0) is 19.6 Å². The van der Waals surface area contributed by atoms with Crippen LogP contribution in [0.2, 0.25) is 0 Å². The molecule has 1 amide bonds. The van der Waals surface area contributed by atoms with Gasteiger partial charge in [0.15, 0.2) is 17.5 Å². The number of benzene rings is 1. The normalized spacial score (nSPS) is 17.3. The van der Waals surface area contributed by atoms with Crippen molar-refractivity contribution in [3.8, 4) is 0 Å². The van der Waals surface area contributed by atoms with E-state index in [1.807, 2.05) is 6.92 Å². The molecule has 0 spiro atoms. The molecule has 6 nitrogen and oxygen atoms in total. The zero-order valence-corrected chi connectivity index (χ0v) is 15.4. The van der Waals surface area contributed by atoms with Crippen LogP contribution in [0.15, 0.2) is 17.0 Å². The van der Waals surface area contributed by atoms with Gasteiger partial charge in [-0.2, -0.15) is 4.31 Å². The predicted molar refractivity (Wildman–Crippen MR) is 87.4 cm³/mol. The van der Waals surface area contributed by atoms with Gasteiger partial charge in [0.05, 0.1) is 0 Å². The minimum Gasteiger partial charge on any atom is -0.369 e. The van der Waals surface area contributed by atoms with E-state index in [0.717, 1.165) is 4.31 Å². The fraction of sp³-hybridized carbons (Fsp3) is 0.562. The standard InChI is InChI=1S/C16H21F3N2O4S/c1-3-12(25-4-2)16(22)20-7-9-21(10-8-20)26(23,24)13-6-5-11(17)14(18)15(13)19/h5-6,12H,3-4,7-10H2,1-2H3. The second kappa shape index (κ2) is 8.36. The van der Waals surface area contributed by atoms with Crippen LogP contribution >= 0.6 is 0 Å². The Morgan fingerprint density at radius 2 is 1.73 bits per heavy atom. The van der Waals surface area contributed by atoms with E-state index in [4.69, 9.17) is 4.74 Å². The molecule has 0 radical (unpaired) electrons. The van der Waals surface area contributed by atoms with E-state index in [1.54, 1.807) is 6.92 Å². The number of halogens is 3. The fourth-order valence-corrected chi connectivity index (χ4v) is 4.24. The van der Waals surface area contributed by atoms with Crippen LogP contribution < -0.4 is 0 Å². The molecule has 1 saturated heterocycles. The van der Waals surface area contributed by atoms with Gasteiger partial charge in [0, 0.05) is 32.8 Å². The number of sulfonamides is 1. The van der Waals surface area contributed by atoms with Crippen LogP contribution in [0.1, 0.15) is 20.3 Å². The molecule has 0 saturated carbocycles. The van der Waals surface area contributed by atoms with Crippen LogP contribution in [0, 0.1) is 17.5 Å². The van der Waals surface area contributed by atoms with Crippen LogP contribution in [-0.4, -0.2) is 62.4 Å². The molecule has 1 fully saturated rings. The van der Waals surface area contributed by atoms with Crippen LogP contribution in [0.4, 0.5) is 13.2 Å². The van der Waals surface area contributed by atoms with Gasteiger partial charge in [0.2, 0.25) is 10.0 Å². The quantitative estimate of drug-likeness (QED) is 0.690. The van der Waals surface area contributed by atoms with Crippen molar-refractivity contribution < 1.29 is 31.1 Å². The molecule has 10 heteroatoms. The summed E-state index contributed by atoms with van der Waals surface area (Å²) in [6.45, 7) is 4.03. The summed E-state index contributed by atoms with van der Waals surface area (Å²) in [5.74, 6) is -5.27. The van der Waals surface area contributed by atoms with E-state index in [9.17, 15) is 26.4 Å². The third-order valence-electron chi connectivity index (χ3n) is 4.18. The average Bonchev–Trinajstić information content (AvgIpc) is 2.63. The van der Waals surface area contributed by atoms with Crippen molar-refractivity contribution in [2.45, 2.75) is 31.3 Å². The lowest BCUT2D eigenvalue weighted by atomic mass is 10.2. The van der Waals surface area contributed by atoms with E-state index >= 15 is 0 Å². The molecule has 0 N–H and O–H groups in total. The summed E-state index contributed by atoms with van der Waals surface area (Å²) in [7, 11) is -4.33. The molecule has 1 atom stereocenters. The molecule has 1 aromatic carbocycles. The van der Waals surface area contributed by atoms with Gasteiger partial charge in [0.25, 0.3) is 5.91 Å². The van der Waals surface area contributed by atoms with Gasteiger partial charge in [-0.05, 0) is 25.5 Å². The maximum Gasteiger partial charge on any atom is 0.251 e. The Bertz CT molecular complexity index is 765. The van der Waals surface area contributed by atoms with E-state index in [0.29, 0.717) is 25.2 Å². The fourth-order valence-electron chi connectivity index (χ4n) is 2.76. The number of amides is 1. The first-order valence-electron chi connectivity index (χ1n) is 8.28. The number of rotatable bonds is 6. The molecule has 1 aromatic rings. The molecule has 1 aliphatic heterocycles. The Labute approximate surface area is 150 Å². The number of hydrogen-bond donors (Lipinski definition) is 0. The van der Waals surface area contributed by atoms with Gasteiger partial charge in [-0.3, -0.25) is 4.79 Å². The molecule has 0 bridgehead atoms. The zero-order valence-electron chi connectivity index (χ0n) is 14.5. The maximum absolute atomic E-state index is 13.9. The van der Waals surface area contributed by atoms with Crippen LogP contribution in [0.3, 0.4) is 0 Å². The van der Waals surface area contributed by atoms with Crippen molar-refractivity contribution in [2.75, 3.05) is 32.8 Å².